The molecule has 1 N–H and O–H groups in total. The fraction of sp³-hybridized carbons (Fsp3) is 0.650. The van der Waals surface area contributed by atoms with E-state index in [9.17, 15) is 4.79 Å². The van der Waals surface area contributed by atoms with E-state index in [1.54, 1.807) is 18.5 Å². The second kappa shape index (κ2) is 8.88. The van der Waals surface area contributed by atoms with Gasteiger partial charge in [0.15, 0.2) is 5.66 Å². The number of hydrogen-bond acceptors (Lipinski definition) is 5. The van der Waals surface area contributed by atoms with E-state index in [0.29, 0.717) is 31.0 Å². The summed E-state index contributed by atoms with van der Waals surface area (Å²) in [6.45, 7) is 0. The summed E-state index contributed by atoms with van der Waals surface area (Å²) in [4.78, 5) is 21.3. The van der Waals surface area contributed by atoms with Crippen molar-refractivity contribution in [3.63, 3.8) is 0 Å². The van der Waals surface area contributed by atoms with E-state index < -0.39 is 5.66 Å². The van der Waals surface area contributed by atoms with Crippen molar-refractivity contribution >= 4 is 5.91 Å². The highest BCUT2D eigenvalue weighted by Gasteiger charge is 2.39. The molecular weight excluding hydrogens is 326 g/mol. The first kappa shape index (κ1) is 18.5. The van der Waals surface area contributed by atoms with Gasteiger partial charge in [0.1, 0.15) is 5.82 Å². The van der Waals surface area contributed by atoms with E-state index in [0.717, 1.165) is 12.8 Å². The molecule has 6 nitrogen and oxygen atoms in total. The maximum Gasteiger partial charge on any atom is 0.220 e. The summed E-state index contributed by atoms with van der Waals surface area (Å²) in [6.07, 6.45) is 18.4. The largest absolute Gasteiger partial charge is 0.346 e. The number of terminal acetylenes is 1. The number of nitrogens with one attached hydrogen (secondary N) is 1. The second-order valence-corrected chi connectivity index (χ2v) is 7.35. The zero-order chi connectivity index (χ0) is 18.2. The van der Waals surface area contributed by atoms with E-state index in [1.165, 1.54) is 32.1 Å². The molecule has 1 aliphatic carbocycles. The molecule has 1 aromatic heterocycles. The molecule has 1 aliphatic heterocycles. The summed E-state index contributed by atoms with van der Waals surface area (Å²) < 4.78 is 0. The average molecular weight is 353 g/mol. The first-order valence-electron chi connectivity index (χ1n) is 9.64. The Balaban J connectivity index is 1.54. The van der Waals surface area contributed by atoms with Gasteiger partial charge in [-0.25, -0.2) is 9.97 Å². The van der Waals surface area contributed by atoms with Crippen molar-refractivity contribution in [3.8, 4) is 12.3 Å². The lowest BCUT2D eigenvalue weighted by molar-refractivity contribution is -0.122. The van der Waals surface area contributed by atoms with Crippen molar-refractivity contribution in [2.45, 2.75) is 75.9 Å². The topological polar surface area (TPSA) is 79.6 Å². The van der Waals surface area contributed by atoms with Gasteiger partial charge in [0, 0.05) is 38.1 Å². The van der Waals surface area contributed by atoms with Crippen molar-refractivity contribution in [2.75, 3.05) is 0 Å². The Morgan fingerprint density at radius 2 is 1.96 bits per heavy atom. The van der Waals surface area contributed by atoms with Crippen LogP contribution in [0.25, 0.3) is 0 Å². The molecule has 0 aromatic carbocycles. The molecule has 1 unspecified atom stereocenters. The van der Waals surface area contributed by atoms with Crippen molar-refractivity contribution in [1.82, 2.24) is 15.3 Å². The summed E-state index contributed by atoms with van der Waals surface area (Å²) in [7, 11) is 0. The van der Waals surface area contributed by atoms with Gasteiger partial charge in [0.05, 0.1) is 6.04 Å². The Kier molecular flexibility index (Phi) is 6.32. The highest BCUT2D eigenvalue weighted by Crippen LogP contribution is 2.37. The number of aromatic nitrogens is 2. The molecule has 0 saturated heterocycles. The predicted molar refractivity (Wildman–Crippen MR) is 99.0 cm³/mol. The molecule has 1 atom stereocenters. The summed E-state index contributed by atoms with van der Waals surface area (Å²) >= 11 is 0. The fourth-order valence-electron chi connectivity index (χ4n) is 3.72. The molecule has 1 saturated carbocycles. The maximum absolute atomic E-state index is 12.5. The van der Waals surface area contributed by atoms with Crippen molar-refractivity contribution < 1.29 is 4.79 Å². The molecule has 2 heterocycles. The third-order valence-corrected chi connectivity index (χ3v) is 5.33. The Morgan fingerprint density at radius 3 is 2.62 bits per heavy atom. The van der Waals surface area contributed by atoms with Crippen LogP contribution in [0.3, 0.4) is 0 Å². The van der Waals surface area contributed by atoms with Crippen molar-refractivity contribution in [1.29, 1.82) is 0 Å². The molecule has 138 valence electrons. The zero-order valence-electron chi connectivity index (χ0n) is 15.2. The number of amides is 1. The van der Waals surface area contributed by atoms with Crippen LogP contribution in [0.5, 0.6) is 0 Å². The molecule has 6 heteroatoms. The van der Waals surface area contributed by atoms with Crippen LogP contribution in [-0.4, -0.2) is 21.5 Å². The first-order chi connectivity index (χ1) is 12.7. The third kappa shape index (κ3) is 5.35. The van der Waals surface area contributed by atoms with Crippen LogP contribution in [0, 0.1) is 18.3 Å². The molecule has 26 heavy (non-hydrogen) atoms. The Labute approximate surface area is 155 Å². The average Bonchev–Trinajstić information content (AvgIpc) is 3.46. The molecular formula is C20H27N5O. The van der Waals surface area contributed by atoms with Gasteiger partial charge < -0.3 is 5.32 Å². The zero-order valence-corrected chi connectivity index (χ0v) is 15.2. The van der Waals surface area contributed by atoms with Crippen LogP contribution in [0.2, 0.25) is 0 Å². The van der Waals surface area contributed by atoms with Crippen molar-refractivity contribution in [2.24, 2.45) is 16.1 Å². The minimum Gasteiger partial charge on any atom is -0.346 e. The van der Waals surface area contributed by atoms with Crippen molar-refractivity contribution in [3.05, 3.63) is 24.3 Å². The number of carbonyl (C=O) groups excluding carboxylic acids is 1. The standard InChI is InChI=1S/C20H27N5O/c1-2-3-11-20(24-25-20)12-10-18(26)23-17(19-21-13-7-14-22-19)15-16-8-5-4-6-9-16/h1,7,13-14,16-17H,3-6,8-12,15H2,(H,23,26). The van der Waals surface area contributed by atoms with Gasteiger partial charge in [0.25, 0.3) is 0 Å². The molecule has 0 radical (unpaired) electrons. The second-order valence-electron chi connectivity index (χ2n) is 7.35. The van der Waals surface area contributed by atoms with Gasteiger partial charge in [-0.05, 0) is 18.4 Å². The molecule has 3 rings (SSSR count). The molecule has 2 aliphatic rings. The highest BCUT2D eigenvalue weighted by atomic mass is 16.1. The summed E-state index contributed by atoms with van der Waals surface area (Å²) in [5.74, 6) is 3.96. The Hall–Kier alpha value is -2.29. The van der Waals surface area contributed by atoms with E-state index >= 15 is 0 Å². The minimum atomic E-state index is -0.411. The van der Waals surface area contributed by atoms with Crippen LogP contribution >= 0.6 is 0 Å². The lowest BCUT2D eigenvalue weighted by Gasteiger charge is -2.26. The van der Waals surface area contributed by atoms with Gasteiger partial charge in [-0.2, -0.15) is 10.2 Å². The molecule has 0 spiro atoms. The lowest BCUT2D eigenvalue weighted by Crippen LogP contribution is -2.32. The number of carbonyl (C=O) groups is 1. The molecule has 1 fully saturated rings. The minimum absolute atomic E-state index is 0.00986. The van der Waals surface area contributed by atoms with Crippen LogP contribution in [0.1, 0.15) is 76.1 Å². The Bertz CT molecular complexity index is 655. The summed E-state index contributed by atoms with van der Waals surface area (Å²) in [5.41, 5.74) is -0.411. The number of hydrogen-bond donors (Lipinski definition) is 1. The van der Waals surface area contributed by atoms with Gasteiger partial charge in [-0.1, -0.05) is 32.1 Å². The van der Waals surface area contributed by atoms with E-state index in [2.05, 4.69) is 31.4 Å². The molecule has 1 aromatic rings. The van der Waals surface area contributed by atoms with Crippen LogP contribution in [-0.2, 0) is 4.79 Å². The monoisotopic (exact) mass is 353 g/mol. The normalized spacial score (nSPS) is 19.5. The summed E-state index contributed by atoms with van der Waals surface area (Å²) in [6, 6.07) is 1.68. The quantitative estimate of drug-likeness (QED) is 0.682. The maximum atomic E-state index is 12.5. The lowest BCUT2D eigenvalue weighted by atomic mass is 9.84. The number of rotatable bonds is 9. The molecule has 1 amide bonds. The number of nitrogens with zero attached hydrogens (tertiary/aromatic N) is 4. The SMILES string of the molecule is C#CCCC1(CCC(=O)NC(CC2CCCCC2)c2ncccn2)N=N1. The smallest absolute Gasteiger partial charge is 0.220 e. The van der Waals surface area contributed by atoms with Crippen LogP contribution in [0.4, 0.5) is 0 Å². The van der Waals surface area contributed by atoms with Gasteiger partial charge in [-0.15, -0.1) is 12.3 Å². The van der Waals surface area contributed by atoms with Crippen LogP contribution < -0.4 is 5.32 Å². The van der Waals surface area contributed by atoms with Gasteiger partial charge in [-0.3, -0.25) is 4.79 Å². The predicted octanol–water partition coefficient (Wildman–Crippen LogP) is 3.96. The van der Waals surface area contributed by atoms with Gasteiger partial charge in [0.2, 0.25) is 5.91 Å². The fourth-order valence-corrected chi connectivity index (χ4v) is 3.72. The molecule has 0 bridgehead atoms. The summed E-state index contributed by atoms with van der Waals surface area (Å²) in [5, 5.41) is 11.3. The van der Waals surface area contributed by atoms with Gasteiger partial charge >= 0.3 is 0 Å². The van der Waals surface area contributed by atoms with E-state index in [-0.39, 0.29) is 11.9 Å². The Morgan fingerprint density at radius 1 is 1.23 bits per heavy atom. The van der Waals surface area contributed by atoms with Crippen LogP contribution in [0.15, 0.2) is 28.7 Å². The van der Waals surface area contributed by atoms with E-state index in [4.69, 9.17) is 6.42 Å². The third-order valence-electron chi connectivity index (χ3n) is 5.33. The van der Waals surface area contributed by atoms with E-state index in [1.807, 2.05) is 0 Å². The highest BCUT2D eigenvalue weighted by molar-refractivity contribution is 5.76. The first-order valence-corrected chi connectivity index (χ1v) is 9.64.